The van der Waals surface area contributed by atoms with Crippen LogP contribution in [-0.2, 0) is 4.79 Å². The molecule has 0 unspecified atom stereocenters. The molecule has 1 saturated heterocycles. The van der Waals surface area contributed by atoms with Gasteiger partial charge < -0.3 is 21.3 Å². The molecule has 0 aliphatic carbocycles. The lowest BCUT2D eigenvalue weighted by Gasteiger charge is -2.16. The Bertz CT molecular complexity index is 1330. The van der Waals surface area contributed by atoms with E-state index in [1.165, 1.54) is 0 Å². The maximum Gasteiger partial charge on any atom is 0.321 e. The predicted octanol–water partition coefficient (Wildman–Crippen LogP) is 4.55. The Kier molecular flexibility index (Phi) is 7.04. The number of carbonyl (C=O) groups is 2. The number of nitrogen functional groups attached to an aromatic ring is 1. The number of rotatable bonds is 3. The van der Waals surface area contributed by atoms with Crippen LogP contribution in [0.3, 0.4) is 0 Å². The fourth-order valence-corrected chi connectivity index (χ4v) is 4.08. The summed E-state index contributed by atoms with van der Waals surface area (Å²) in [7, 11) is 1.69. The summed E-state index contributed by atoms with van der Waals surface area (Å²) in [6, 6.07) is 7.01. The molecule has 0 spiro atoms. The molecular weight excluding hydrogens is 472 g/mol. The number of urea groups is 1. The molecule has 1 aromatic carbocycles. The minimum atomic E-state index is -0.298. The number of thiocarbonyl (C=S) groups is 1. The normalized spacial score (nSPS) is 16.1. The number of amides is 3. The largest absolute Gasteiger partial charge is 0.398 e. The van der Waals surface area contributed by atoms with Crippen LogP contribution >= 0.6 is 23.8 Å². The maximum atomic E-state index is 12.7. The van der Waals surface area contributed by atoms with Crippen molar-refractivity contribution in [3.05, 3.63) is 59.5 Å². The highest BCUT2D eigenvalue weighted by Gasteiger charge is 2.15. The molecule has 2 aromatic heterocycles. The molecule has 1 fully saturated rings. The zero-order valence-electron chi connectivity index (χ0n) is 18.5. The van der Waals surface area contributed by atoms with E-state index in [9.17, 15) is 9.59 Å². The topological polar surface area (TPSA) is 113 Å². The first-order chi connectivity index (χ1) is 16.3. The van der Waals surface area contributed by atoms with Gasteiger partial charge in [-0.1, -0.05) is 29.4 Å². The molecule has 1 aliphatic rings. The van der Waals surface area contributed by atoms with Crippen molar-refractivity contribution in [3.8, 4) is 11.1 Å². The minimum Gasteiger partial charge on any atom is -0.398 e. The van der Waals surface area contributed by atoms with Gasteiger partial charge in [0.2, 0.25) is 5.91 Å². The van der Waals surface area contributed by atoms with Gasteiger partial charge in [-0.3, -0.25) is 9.78 Å². The van der Waals surface area contributed by atoms with Gasteiger partial charge in [0.25, 0.3) is 0 Å². The van der Waals surface area contributed by atoms with Gasteiger partial charge in [-0.15, -0.1) is 0 Å². The molecule has 174 valence electrons. The Balaban J connectivity index is 1.56. The van der Waals surface area contributed by atoms with E-state index in [1.807, 2.05) is 12.1 Å². The molecule has 10 heteroatoms. The molecule has 0 bridgehead atoms. The van der Waals surface area contributed by atoms with Gasteiger partial charge in [-0.05, 0) is 48.1 Å². The molecule has 0 saturated carbocycles. The lowest BCUT2D eigenvalue weighted by molar-refractivity contribution is -0.112. The van der Waals surface area contributed by atoms with Crippen LogP contribution in [0.5, 0.6) is 0 Å². The first-order valence-electron chi connectivity index (χ1n) is 10.6. The van der Waals surface area contributed by atoms with Gasteiger partial charge in [-0.25, -0.2) is 9.78 Å². The molecule has 0 atom stereocenters. The molecule has 1 aliphatic heterocycles. The smallest absolute Gasteiger partial charge is 0.321 e. The summed E-state index contributed by atoms with van der Waals surface area (Å²) in [5.74, 6) is 0.101. The lowest BCUT2D eigenvalue weighted by atomic mass is 10.0. The highest BCUT2D eigenvalue weighted by Crippen LogP contribution is 2.33. The van der Waals surface area contributed by atoms with Crippen molar-refractivity contribution in [2.45, 2.75) is 19.3 Å². The fourth-order valence-electron chi connectivity index (χ4n) is 3.68. The Morgan fingerprint density at radius 3 is 2.88 bits per heavy atom. The number of nitrogens with zero attached hydrogens (tertiary/aromatic N) is 3. The van der Waals surface area contributed by atoms with Crippen LogP contribution in [0.2, 0.25) is 5.02 Å². The molecule has 4 N–H and O–H groups in total. The third-order valence-electron chi connectivity index (χ3n) is 5.57. The van der Waals surface area contributed by atoms with E-state index in [0.29, 0.717) is 47.3 Å². The van der Waals surface area contributed by atoms with Crippen LogP contribution < -0.4 is 16.4 Å². The van der Waals surface area contributed by atoms with E-state index in [1.54, 1.807) is 48.7 Å². The Morgan fingerprint density at radius 1 is 1.26 bits per heavy atom. The second-order valence-electron chi connectivity index (χ2n) is 8.03. The maximum absolute atomic E-state index is 12.7. The predicted molar refractivity (Wildman–Crippen MR) is 139 cm³/mol. The second kappa shape index (κ2) is 10.1. The molecule has 3 amide bonds. The Labute approximate surface area is 207 Å². The first-order valence-corrected chi connectivity index (χ1v) is 11.4. The quantitative estimate of drug-likeness (QED) is 0.279. The SMILES string of the molecule is CN1CC/C(=C/C(=O)Nc2cc3cc(-c4cnccc4Cl)cc(N)c3cn2)CCC(=S)NC1=O. The van der Waals surface area contributed by atoms with Crippen LogP contribution in [-0.4, -0.2) is 45.4 Å². The van der Waals surface area contributed by atoms with Gasteiger partial charge in [0, 0.05) is 61.3 Å². The van der Waals surface area contributed by atoms with Gasteiger partial charge in [0.1, 0.15) is 5.82 Å². The van der Waals surface area contributed by atoms with Crippen molar-refractivity contribution in [2.24, 2.45) is 0 Å². The molecule has 0 radical (unpaired) electrons. The molecular formula is C24H23ClN6O2S. The second-order valence-corrected chi connectivity index (χ2v) is 8.93. The van der Waals surface area contributed by atoms with Crippen molar-refractivity contribution in [2.75, 3.05) is 24.6 Å². The monoisotopic (exact) mass is 494 g/mol. The molecule has 34 heavy (non-hydrogen) atoms. The van der Waals surface area contributed by atoms with Crippen LogP contribution in [0.1, 0.15) is 19.3 Å². The number of halogens is 1. The van der Waals surface area contributed by atoms with Crippen molar-refractivity contribution in [1.82, 2.24) is 20.2 Å². The summed E-state index contributed by atoms with van der Waals surface area (Å²) in [5, 5.41) is 7.65. The number of nitrogens with two attached hydrogens (primary N) is 1. The Hall–Kier alpha value is -3.56. The third-order valence-corrected chi connectivity index (χ3v) is 6.20. The number of pyridine rings is 2. The standard InChI is InChI=1S/C24H23ClN6O2S/c1-31-7-5-14(2-3-23(34)30-24(31)33)8-22(32)29-21-11-16-9-15(10-20(26)18(16)13-28-21)17-12-27-6-4-19(17)25/h4,6,8-13H,2-3,5,7,26H2,1H3,(H,28,29,32)(H,30,33,34)/b14-8+. The van der Waals surface area contributed by atoms with Gasteiger partial charge in [0.05, 0.1) is 10.0 Å². The van der Waals surface area contributed by atoms with Crippen LogP contribution in [0, 0.1) is 0 Å². The van der Waals surface area contributed by atoms with Crippen molar-refractivity contribution in [1.29, 1.82) is 0 Å². The lowest BCUT2D eigenvalue weighted by Crippen LogP contribution is -2.39. The van der Waals surface area contributed by atoms with E-state index < -0.39 is 0 Å². The van der Waals surface area contributed by atoms with E-state index in [-0.39, 0.29) is 11.9 Å². The van der Waals surface area contributed by atoms with Crippen molar-refractivity contribution in [3.63, 3.8) is 0 Å². The van der Waals surface area contributed by atoms with Crippen molar-refractivity contribution < 1.29 is 9.59 Å². The first kappa shape index (κ1) is 23.6. The Morgan fingerprint density at radius 2 is 2.09 bits per heavy atom. The fraction of sp³-hybridized carbons (Fsp3) is 0.208. The average Bonchev–Trinajstić information content (AvgIpc) is 2.85. The van der Waals surface area contributed by atoms with Gasteiger partial charge >= 0.3 is 6.03 Å². The highest BCUT2D eigenvalue weighted by molar-refractivity contribution is 7.80. The number of hydrogen-bond acceptors (Lipinski definition) is 6. The summed E-state index contributed by atoms with van der Waals surface area (Å²) in [6.45, 7) is 0.487. The summed E-state index contributed by atoms with van der Waals surface area (Å²) in [4.78, 5) is 35.2. The zero-order chi connectivity index (χ0) is 24.2. The summed E-state index contributed by atoms with van der Waals surface area (Å²) < 4.78 is 0. The summed E-state index contributed by atoms with van der Waals surface area (Å²) in [5.41, 5.74) is 9.29. The molecule has 3 heterocycles. The van der Waals surface area contributed by atoms with E-state index in [4.69, 9.17) is 29.6 Å². The number of aromatic nitrogens is 2. The molecule has 3 aromatic rings. The number of anilines is 2. The minimum absolute atomic E-state index is 0.234. The average molecular weight is 495 g/mol. The van der Waals surface area contributed by atoms with Gasteiger partial charge in [0.15, 0.2) is 0 Å². The van der Waals surface area contributed by atoms with Crippen molar-refractivity contribution >= 4 is 63.0 Å². The number of fused-ring (bicyclic) bond motifs is 1. The van der Waals surface area contributed by atoms with Gasteiger partial charge in [-0.2, -0.15) is 0 Å². The molecule has 8 nitrogen and oxygen atoms in total. The highest BCUT2D eigenvalue weighted by atomic mass is 35.5. The van der Waals surface area contributed by atoms with E-state index >= 15 is 0 Å². The van der Waals surface area contributed by atoms with E-state index in [2.05, 4.69) is 20.6 Å². The van der Waals surface area contributed by atoms with Crippen LogP contribution in [0.4, 0.5) is 16.3 Å². The van der Waals surface area contributed by atoms with E-state index in [0.717, 1.165) is 27.5 Å². The number of benzene rings is 1. The zero-order valence-corrected chi connectivity index (χ0v) is 20.0. The van der Waals surface area contributed by atoms with Crippen LogP contribution in [0.25, 0.3) is 21.9 Å². The summed E-state index contributed by atoms with van der Waals surface area (Å²) in [6.07, 6.45) is 8.17. The number of nitrogens with one attached hydrogen (secondary N) is 2. The van der Waals surface area contributed by atoms with Crippen LogP contribution in [0.15, 0.2) is 54.5 Å². The number of carbonyl (C=O) groups excluding carboxylic acids is 2. The third kappa shape index (κ3) is 5.49. The summed E-state index contributed by atoms with van der Waals surface area (Å²) >= 11 is 11.5. The number of hydrogen-bond donors (Lipinski definition) is 3. The molecule has 4 rings (SSSR count).